The van der Waals surface area contributed by atoms with Crippen molar-refractivity contribution < 1.29 is 19.0 Å². The van der Waals surface area contributed by atoms with Crippen LogP contribution in [0.5, 0.6) is 0 Å². The van der Waals surface area contributed by atoms with Crippen molar-refractivity contribution in [2.24, 2.45) is 5.92 Å². The molecule has 0 saturated heterocycles. The summed E-state index contributed by atoms with van der Waals surface area (Å²) in [6.45, 7) is 0.716. The van der Waals surface area contributed by atoms with E-state index >= 15 is 0 Å². The number of ether oxygens (including phenoxy) is 1. The van der Waals surface area contributed by atoms with Gasteiger partial charge >= 0.3 is 5.97 Å². The maximum atomic E-state index is 13.4. The van der Waals surface area contributed by atoms with Crippen LogP contribution >= 0.6 is 11.8 Å². The highest BCUT2D eigenvalue weighted by Crippen LogP contribution is 2.30. The van der Waals surface area contributed by atoms with Gasteiger partial charge in [0.2, 0.25) is 0 Å². The van der Waals surface area contributed by atoms with Crippen LogP contribution in [0.3, 0.4) is 0 Å². The highest BCUT2D eigenvalue weighted by molar-refractivity contribution is 7.99. The molecular weight excluding hydrogens is 243 g/mol. The normalized spacial score (nSPS) is 14.9. The summed E-state index contributed by atoms with van der Waals surface area (Å²) in [4.78, 5) is 11.0. The average molecular weight is 256 g/mol. The summed E-state index contributed by atoms with van der Waals surface area (Å²) in [6.07, 6.45) is 2.43. The third-order valence-electron chi connectivity index (χ3n) is 2.53. The zero-order valence-corrected chi connectivity index (χ0v) is 10.0. The molecule has 3 nitrogen and oxygen atoms in total. The van der Waals surface area contributed by atoms with Gasteiger partial charge in [0.05, 0.1) is 18.1 Å². The summed E-state index contributed by atoms with van der Waals surface area (Å²) >= 11 is 1.19. The van der Waals surface area contributed by atoms with Crippen LogP contribution in [0.1, 0.15) is 23.2 Å². The van der Waals surface area contributed by atoms with E-state index in [0.717, 1.165) is 0 Å². The second-order valence-electron chi connectivity index (χ2n) is 4.03. The van der Waals surface area contributed by atoms with E-state index in [-0.39, 0.29) is 5.56 Å². The topological polar surface area (TPSA) is 46.5 Å². The Hall–Kier alpha value is -1.07. The highest BCUT2D eigenvalue weighted by Gasteiger charge is 2.21. The molecule has 0 atom stereocenters. The second-order valence-corrected chi connectivity index (χ2v) is 4.99. The molecule has 0 aromatic heterocycles. The van der Waals surface area contributed by atoms with Crippen LogP contribution in [0.2, 0.25) is 0 Å². The zero-order valence-electron chi connectivity index (χ0n) is 9.19. The van der Waals surface area contributed by atoms with Gasteiger partial charge in [-0.05, 0) is 37.0 Å². The molecule has 2 rings (SSSR count). The van der Waals surface area contributed by atoms with Crippen molar-refractivity contribution in [2.45, 2.75) is 17.7 Å². The molecule has 1 saturated carbocycles. The monoisotopic (exact) mass is 256 g/mol. The van der Waals surface area contributed by atoms with E-state index in [1.165, 1.54) is 42.8 Å². The van der Waals surface area contributed by atoms with E-state index in [4.69, 9.17) is 9.84 Å². The smallest absolute Gasteiger partial charge is 0.335 e. The Morgan fingerprint density at radius 2 is 2.29 bits per heavy atom. The summed E-state index contributed by atoms with van der Waals surface area (Å²) in [5.41, 5.74) is 0.0936. The van der Waals surface area contributed by atoms with E-state index < -0.39 is 11.8 Å². The second kappa shape index (κ2) is 5.51. The average Bonchev–Trinajstić information content (AvgIpc) is 3.10. The number of halogens is 1. The molecule has 0 bridgehead atoms. The van der Waals surface area contributed by atoms with E-state index in [1.54, 1.807) is 0 Å². The molecular formula is C12H13FO3S. The molecule has 0 radical (unpaired) electrons. The minimum absolute atomic E-state index is 0.0936. The summed E-state index contributed by atoms with van der Waals surface area (Å²) < 4.78 is 18.7. The van der Waals surface area contributed by atoms with E-state index in [0.29, 0.717) is 23.4 Å². The quantitative estimate of drug-likeness (QED) is 0.483. The van der Waals surface area contributed by atoms with Crippen LogP contribution in [0.15, 0.2) is 23.1 Å². The van der Waals surface area contributed by atoms with Crippen LogP contribution in [0.4, 0.5) is 4.39 Å². The molecule has 0 amide bonds. The first-order chi connectivity index (χ1) is 8.16. The van der Waals surface area contributed by atoms with Crippen molar-refractivity contribution in [3.8, 4) is 0 Å². The molecule has 17 heavy (non-hydrogen) atoms. The standard InChI is InChI=1S/C12H13FO3S/c13-10-4-3-9(12(14)15)5-11(10)17-7-16-6-8-1-2-8/h3-5,8H,1-2,6-7H2,(H,14,15). The molecule has 1 fully saturated rings. The largest absolute Gasteiger partial charge is 0.478 e. The molecule has 1 N–H and O–H groups in total. The number of carboxylic acids is 1. The van der Waals surface area contributed by atoms with Crippen LogP contribution in [0, 0.1) is 11.7 Å². The molecule has 5 heteroatoms. The first kappa shape index (κ1) is 12.4. The minimum Gasteiger partial charge on any atom is -0.478 e. The third-order valence-corrected chi connectivity index (χ3v) is 3.43. The number of aromatic carboxylic acids is 1. The predicted molar refractivity (Wildman–Crippen MR) is 62.8 cm³/mol. The summed E-state index contributed by atoms with van der Waals surface area (Å²) in [7, 11) is 0. The lowest BCUT2D eigenvalue weighted by molar-refractivity contribution is 0.0696. The Morgan fingerprint density at radius 1 is 1.53 bits per heavy atom. The summed E-state index contributed by atoms with van der Waals surface area (Å²) in [5, 5.41) is 8.79. The first-order valence-electron chi connectivity index (χ1n) is 5.40. The fourth-order valence-electron chi connectivity index (χ4n) is 1.35. The van der Waals surface area contributed by atoms with Gasteiger partial charge in [0.25, 0.3) is 0 Å². The van der Waals surface area contributed by atoms with Crippen molar-refractivity contribution in [1.82, 2.24) is 0 Å². The van der Waals surface area contributed by atoms with Gasteiger partial charge in [-0.25, -0.2) is 9.18 Å². The van der Waals surface area contributed by atoms with Crippen LogP contribution < -0.4 is 0 Å². The van der Waals surface area contributed by atoms with E-state index in [1.807, 2.05) is 0 Å². The van der Waals surface area contributed by atoms with Crippen LogP contribution in [-0.2, 0) is 4.74 Å². The molecule has 0 heterocycles. The number of carboxylic acid groups (broad SMARTS) is 1. The molecule has 0 unspecified atom stereocenters. The number of hydrogen-bond donors (Lipinski definition) is 1. The zero-order chi connectivity index (χ0) is 12.3. The van der Waals surface area contributed by atoms with Gasteiger partial charge in [0.15, 0.2) is 0 Å². The van der Waals surface area contributed by atoms with Gasteiger partial charge < -0.3 is 9.84 Å². The number of carbonyl (C=O) groups is 1. The molecule has 1 aliphatic carbocycles. The minimum atomic E-state index is -1.05. The highest BCUT2D eigenvalue weighted by atomic mass is 32.2. The van der Waals surface area contributed by atoms with Gasteiger partial charge in [-0.1, -0.05) is 11.8 Å². The maximum absolute atomic E-state index is 13.4. The van der Waals surface area contributed by atoms with E-state index in [9.17, 15) is 9.18 Å². The first-order valence-corrected chi connectivity index (χ1v) is 6.39. The van der Waals surface area contributed by atoms with Crippen molar-refractivity contribution in [3.63, 3.8) is 0 Å². The van der Waals surface area contributed by atoms with Gasteiger partial charge in [-0.3, -0.25) is 0 Å². The van der Waals surface area contributed by atoms with Crippen molar-refractivity contribution in [1.29, 1.82) is 0 Å². The number of rotatable bonds is 6. The van der Waals surface area contributed by atoms with Crippen molar-refractivity contribution >= 4 is 17.7 Å². The molecule has 1 aliphatic rings. The Labute approximate surface area is 103 Å². The summed E-state index contributed by atoms with van der Waals surface area (Å²) in [6, 6.07) is 3.77. The third kappa shape index (κ3) is 3.71. The van der Waals surface area contributed by atoms with Crippen LogP contribution in [0.25, 0.3) is 0 Å². The fourth-order valence-corrected chi connectivity index (χ4v) is 2.07. The number of thioether (sulfide) groups is 1. The number of benzene rings is 1. The van der Waals surface area contributed by atoms with Crippen LogP contribution in [-0.4, -0.2) is 23.6 Å². The van der Waals surface area contributed by atoms with E-state index in [2.05, 4.69) is 0 Å². The van der Waals surface area contributed by atoms with Crippen molar-refractivity contribution in [2.75, 3.05) is 12.5 Å². The summed E-state index contributed by atoms with van der Waals surface area (Å²) in [5.74, 6) is -0.428. The number of hydrogen-bond acceptors (Lipinski definition) is 3. The molecule has 1 aromatic rings. The molecule has 0 spiro atoms. The Kier molecular flexibility index (Phi) is 4.02. The lowest BCUT2D eigenvalue weighted by Gasteiger charge is -2.05. The maximum Gasteiger partial charge on any atom is 0.335 e. The Balaban J connectivity index is 1.88. The lowest BCUT2D eigenvalue weighted by atomic mass is 10.2. The van der Waals surface area contributed by atoms with Crippen molar-refractivity contribution in [3.05, 3.63) is 29.6 Å². The Bertz CT molecular complexity index is 418. The predicted octanol–water partition coefficient (Wildman–Crippen LogP) is 3.00. The lowest BCUT2D eigenvalue weighted by Crippen LogP contribution is -1.99. The molecule has 92 valence electrons. The fraction of sp³-hybridized carbons (Fsp3) is 0.417. The van der Waals surface area contributed by atoms with Gasteiger partial charge in [-0.15, -0.1) is 0 Å². The van der Waals surface area contributed by atoms with Gasteiger partial charge in [-0.2, -0.15) is 0 Å². The van der Waals surface area contributed by atoms with Gasteiger partial charge in [0.1, 0.15) is 5.82 Å². The molecule has 1 aromatic carbocycles. The molecule has 0 aliphatic heterocycles. The SMILES string of the molecule is O=C(O)c1ccc(F)c(SCOCC2CC2)c1. The van der Waals surface area contributed by atoms with Gasteiger partial charge in [0, 0.05) is 4.90 Å². The Morgan fingerprint density at radius 3 is 2.94 bits per heavy atom.